The summed E-state index contributed by atoms with van der Waals surface area (Å²) in [5.41, 5.74) is 4.16. The standard InChI is InChI=1S/C22H18FN3OS/c1-14-21(15(2)26(25-14)18-6-4-3-5-7-18)24-22(27)20-13-12-19(28-20)16-8-10-17(23)11-9-16/h3-13H,1-2H3,(H,24,27). The lowest BCUT2D eigenvalue weighted by atomic mass is 10.2. The maximum absolute atomic E-state index is 13.1. The molecule has 0 aliphatic rings. The van der Waals surface area contributed by atoms with Gasteiger partial charge in [-0.2, -0.15) is 5.10 Å². The summed E-state index contributed by atoms with van der Waals surface area (Å²) in [4.78, 5) is 14.3. The molecule has 2 heterocycles. The molecule has 0 unspecified atom stereocenters. The molecule has 0 saturated carbocycles. The van der Waals surface area contributed by atoms with Gasteiger partial charge in [0, 0.05) is 4.88 Å². The van der Waals surface area contributed by atoms with E-state index in [1.54, 1.807) is 18.2 Å². The quantitative estimate of drug-likeness (QED) is 0.492. The molecule has 0 atom stereocenters. The molecule has 140 valence electrons. The van der Waals surface area contributed by atoms with Crippen LogP contribution in [0.25, 0.3) is 16.1 Å². The highest BCUT2D eigenvalue weighted by Crippen LogP contribution is 2.30. The fraction of sp³-hybridized carbons (Fsp3) is 0.0909. The van der Waals surface area contributed by atoms with Crippen LogP contribution in [-0.4, -0.2) is 15.7 Å². The van der Waals surface area contributed by atoms with Crippen molar-refractivity contribution in [2.45, 2.75) is 13.8 Å². The molecule has 6 heteroatoms. The van der Waals surface area contributed by atoms with Crippen molar-refractivity contribution in [2.75, 3.05) is 5.32 Å². The molecule has 28 heavy (non-hydrogen) atoms. The van der Waals surface area contributed by atoms with E-state index in [1.807, 2.05) is 54.9 Å². The van der Waals surface area contributed by atoms with Gasteiger partial charge in [-0.3, -0.25) is 4.79 Å². The number of hydrogen-bond donors (Lipinski definition) is 1. The van der Waals surface area contributed by atoms with Gasteiger partial charge in [0.15, 0.2) is 0 Å². The van der Waals surface area contributed by atoms with E-state index in [-0.39, 0.29) is 11.7 Å². The Morgan fingerprint density at radius 2 is 1.71 bits per heavy atom. The van der Waals surface area contributed by atoms with E-state index < -0.39 is 0 Å². The first-order valence-electron chi connectivity index (χ1n) is 8.81. The van der Waals surface area contributed by atoms with Crippen LogP contribution in [0.4, 0.5) is 10.1 Å². The summed E-state index contributed by atoms with van der Waals surface area (Å²) < 4.78 is 14.9. The van der Waals surface area contributed by atoms with Gasteiger partial charge in [0.25, 0.3) is 5.91 Å². The van der Waals surface area contributed by atoms with E-state index in [4.69, 9.17) is 0 Å². The average Bonchev–Trinajstić information content (AvgIpc) is 3.30. The number of benzene rings is 2. The molecule has 1 amide bonds. The summed E-state index contributed by atoms with van der Waals surface area (Å²) >= 11 is 1.37. The van der Waals surface area contributed by atoms with Gasteiger partial charge < -0.3 is 5.32 Å². The second kappa shape index (κ2) is 7.40. The highest BCUT2D eigenvalue weighted by Gasteiger charge is 2.17. The number of thiophene rings is 1. The number of para-hydroxylation sites is 1. The smallest absolute Gasteiger partial charge is 0.265 e. The molecule has 0 saturated heterocycles. The van der Waals surface area contributed by atoms with Crippen molar-refractivity contribution in [3.05, 3.63) is 88.8 Å². The molecule has 4 nitrogen and oxygen atoms in total. The number of hydrogen-bond acceptors (Lipinski definition) is 3. The van der Waals surface area contributed by atoms with Gasteiger partial charge in [0.05, 0.1) is 27.6 Å². The Kier molecular flexibility index (Phi) is 4.79. The van der Waals surface area contributed by atoms with Crippen LogP contribution in [-0.2, 0) is 0 Å². The molecule has 0 spiro atoms. The second-order valence-electron chi connectivity index (χ2n) is 6.42. The van der Waals surface area contributed by atoms with Crippen molar-refractivity contribution in [2.24, 2.45) is 0 Å². The van der Waals surface area contributed by atoms with Gasteiger partial charge in [-0.05, 0) is 55.8 Å². The summed E-state index contributed by atoms with van der Waals surface area (Å²) in [6.45, 7) is 3.81. The number of carbonyl (C=O) groups excluding carboxylic acids is 1. The maximum atomic E-state index is 13.1. The number of nitrogens with zero attached hydrogens (tertiary/aromatic N) is 2. The molecular weight excluding hydrogens is 373 g/mol. The number of aryl methyl sites for hydroxylation is 1. The third-order valence-electron chi connectivity index (χ3n) is 4.49. The molecule has 4 rings (SSSR count). The first-order chi connectivity index (χ1) is 13.5. The van der Waals surface area contributed by atoms with E-state index in [9.17, 15) is 9.18 Å². The Morgan fingerprint density at radius 3 is 2.43 bits per heavy atom. The SMILES string of the molecule is Cc1nn(-c2ccccc2)c(C)c1NC(=O)c1ccc(-c2ccc(F)cc2)s1. The second-order valence-corrected chi connectivity index (χ2v) is 7.50. The first-order valence-corrected chi connectivity index (χ1v) is 9.63. The maximum Gasteiger partial charge on any atom is 0.265 e. The summed E-state index contributed by atoms with van der Waals surface area (Å²) in [7, 11) is 0. The lowest BCUT2D eigenvalue weighted by Gasteiger charge is -2.06. The predicted octanol–water partition coefficient (Wildman–Crippen LogP) is 5.61. The van der Waals surface area contributed by atoms with E-state index in [1.165, 1.54) is 23.5 Å². The lowest BCUT2D eigenvalue weighted by molar-refractivity contribution is 0.103. The fourth-order valence-corrected chi connectivity index (χ4v) is 3.96. The normalized spacial score (nSPS) is 10.8. The highest BCUT2D eigenvalue weighted by atomic mass is 32.1. The zero-order valence-corrected chi connectivity index (χ0v) is 16.3. The lowest BCUT2D eigenvalue weighted by Crippen LogP contribution is -2.11. The van der Waals surface area contributed by atoms with Crippen molar-refractivity contribution < 1.29 is 9.18 Å². The Balaban J connectivity index is 1.58. The molecule has 1 N–H and O–H groups in total. The largest absolute Gasteiger partial charge is 0.318 e. The molecule has 0 aliphatic heterocycles. The topological polar surface area (TPSA) is 46.9 Å². The third-order valence-corrected chi connectivity index (χ3v) is 5.62. The minimum atomic E-state index is -0.278. The van der Waals surface area contributed by atoms with E-state index in [0.29, 0.717) is 10.6 Å². The first kappa shape index (κ1) is 18.1. The molecular formula is C22H18FN3OS. The van der Waals surface area contributed by atoms with Crippen LogP contribution in [0.1, 0.15) is 21.1 Å². The van der Waals surface area contributed by atoms with Crippen LogP contribution in [0.5, 0.6) is 0 Å². The van der Waals surface area contributed by atoms with E-state index in [2.05, 4.69) is 10.4 Å². The number of anilines is 1. The fourth-order valence-electron chi connectivity index (χ4n) is 3.05. The number of halogens is 1. The monoisotopic (exact) mass is 391 g/mol. The van der Waals surface area contributed by atoms with Gasteiger partial charge in [0.1, 0.15) is 5.82 Å². The van der Waals surface area contributed by atoms with Crippen LogP contribution in [0.3, 0.4) is 0 Å². The number of carbonyl (C=O) groups is 1. The van der Waals surface area contributed by atoms with Crippen LogP contribution in [0.15, 0.2) is 66.7 Å². The third kappa shape index (κ3) is 3.46. The summed E-state index contributed by atoms with van der Waals surface area (Å²) in [5, 5.41) is 7.55. The molecule has 0 radical (unpaired) electrons. The van der Waals surface area contributed by atoms with Crippen LogP contribution >= 0.6 is 11.3 Å². The summed E-state index contributed by atoms with van der Waals surface area (Å²) in [6.07, 6.45) is 0. The van der Waals surface area contributed by atoms with E-state index >= 15 is 0 Å². The Labute approximate surface area is 166 Å². The van der Waals surface area contributed by atoms with Crippen molar-refractivity contribution in [3.63, 3.8) is 0 Å². The van der Waals surface area contributed by atoms with Gasteiger partial charge in [0.2, 0.25) is 0 Å². The van der Waals surface area contributed by atoms with Gasteiger partial charge in [-0.1, -0.05) is 30.3 Å². The molecule has 4 aromatic rings. The minimum Gasteiger partial charge on any atom is -0.318 e. The molecule has 2 aromatic carbocycles. The molecule has 0 bridgehead atoms. The summed E-state index contributed by atoms with van der Waals surface area (Å²) in [6, 6.07) is 19.7. The Morgan fingerprint density at radius 1 is 1.00 bits per heavy atom. The number of aromatic nitrogens is 2. The van der Waals surface area contributed by atoms with Gasteiger partial charge in [-0.25, -0.2) is 9.07 Å². The van der Waals surface area contributed by atoms with Crippen LogP contribution in [0, 0.1) is 19.7 Å². The van der Waals surface area contributed by atoms with Gasteiger partial charge >= 0.3 is 0 Å². The summed E-state index contributed by atoms with van der Waals surface area (Å²) in [5.74, 6) is -0.461. The molecule has 2 aromatic heterocycles. The predicted molar refractivity (Wildman–Crippen MR) is 111 cm³/mol. The zero-order valence-electron chi connectivity index (χ0n) is 15.4. The highest BCUT2D eigenvalue weighted by molar-refractivity contribution is 7.17. The Hall–Kier alpha value is -3.25. The van der Waals surface area contributed by atoms with Crippen molar-refractivity contribution >= 4 is 22.9 Å². The average molecular weight is 391 g/mol. The molecule has 0 fully saturated rings. The number of nitrogens with one attached hydrogen (secondary N) is 1. The van der Waals surface area contributed by atoms with Crippen molar-refractivity contribution in [1.29, 1.82) is 0 Å². The Bertz CT molecular complexity index is 1130. The van der Waals surface area contributed by atoms with Crippen LogP contribution < -0.4 is 5.32 Å². The zero-order chi connectivity index (χ0) is 19.7. The number of rotatable bonds is 4. The minimum absolute atomic E-state index is 0.183. The van der Waals surface area contributed by atoms with Gasteiger partial charge in [-0.15, -0.1) is 11.3 Å². The number of amides is 1. The molecule has 0 aliphatic carbocycles. The van der Waals surface area contributed by atoms with Crippen molar-refractivity contribution in [3.8, 4) is 16.1 Å². The van der Waals surface area contributed by atoms with Crippen molar-refractivity contribution in [1.82, 2.24) is 9.78 Å². The van der Waals surface area contributed by atoms with E-state index in [0.717, 1.165) is 27.5 Å². The van der Waals surface area contributed by atoms with Crippen LogP contribution in [0.2, 0.25) is 0 Å².